The molecule has 4 heterocycles. The van der Waals surface area contributed by atoms with E-state index in [0.717, 1.165) is 78.2 Å². The first-order valence-corrected chi connectivity index (χ1v) is 22.1. The van der Waals surface area contributed by atoms with Gasteiger partial charge in [0.25, 0.3) is 0 Å². The van der Waals surface area contributed by atoms with Gasteiger partial charge in [-0.2, -0.15) is 0 Å². The minimum Gasteiger partial charge on any atom is -0.456 e. The van der Waals surface area contributed by atoms with Gasteiger partial charge in [-0.15, -0.1) is 11.3 Å². The fourth-order valence-corrected chi connectivity index (χ4v) is 10.6. The molecule has 1 aliphatic rings. The molecule has 0 aliphatic carbocycles. The van der Waals surface area contributed by atoms with Crippen LogP contribution in [0, 0.1) is 0 Å². The Morgan fingerprint density at radius 1 is 0.429 bits per heavy atom. The molecule has 0 radical (unpaired) electrons. The van der Waals surface area contributed by atoms with Gasteiger partial charge in [-0.05, 0) is 107 Å². The number of benzene rings is 9. The molecular formula is C57H36N4OS. The van der Waals surface area contributed by atoms with Gasteiger partial charge >= 0.3 is 0 Å². The summed E-state index contributed by atoms with van der Waals surface area (Å²) in [5, 5.41) is 10.7. The van der Waals surface area contributed by atoms with Gasteiger partial charge in [0.1, 0.15) is 22.8 Å². The zero-order valence-corrected chi connectivity index (χ0v) is 34.7. The fraction of sp³-hybridized carbons (Fsp3) is 0.0175. The molecule has 1 unspecified atom stereocenters. The standard InChI is InChI=1S/C57H36N4OS/c1-3-13-35(14-4-1)55-58-56(60-57(59-55)40-27-30-53-46(34-40)44-20-8-10-24-52(44)63-53)39-16-11-15-38(31-39)42-21-12-23-51-54(42)47-33-37(26-29-50(47)62-51)36-25-28-49-45(32-36)43-19-7-9-22-48(43)61(49)41-17-5-2-6-18-41/h1-34,56H,(H,58,59,60). The highest BCUT2D eigenvalue weighted by Crippen LogP contribution is 2.41. The molecule has 0 saturated carbocycles. The second-order valence-corrected chi connectivity index (χ2v) is 17.3. The van der Waals surface area contributed by atoms with Crippen LogP contribution in [0.3, 0.4) is 0 Å². The number of para-hydroxylation sites is 2. The largest absolute Gasteiger partial charge is 0.456 e. The second-order valence-electron chi connectivity index (χ2n) is 16.2. The molecule has 63 heavy (non-hydrogen) atoms. The van der Waals surface area contributed by atoms with Crippen LogP contribution in [0.25, 0.3) is 91.9 Å². The first-order chi connectivity index (χ1) is 31.2. The van der Waals surface area contributed by atoms with Crippen molar-refractivity contribution in [3.63, 3.8) is 0 Å². The second kappa shape index (κ2) is 14.3. The van der Waals surface area contributed by atoms with Crippen molar-refractivity contribution in [2.75, 3.05) is 0 Å². The smallest absolute Gasteiger partial charge is 0.169 e. The molecule has 6 heteroatoms. The van der Waals surface area contributed by atoms with E-state index in [1.807, 2.05) is 29.5 Å². The molecule has 0 fully saturated rings. The van der Waals surface area contributed by atoms with Crippen molar-refractivity contribution in [3.8, 4) is 27.9 Å². The van der Waals surface area contributed by atoms with E-state index in [1.165, 1.54) is 42.0 Å². The number of amidine groups is 2. The third-order valence-corrected chi connectivity index (χ3v) is 13.6. The van der Waals surface area contributed by atoms with Crippen molar-refractivity contribution in [3.05, 3.63) is 223 Å². The Hall–Kier alpha value is -8.06. The molecule has 9 aromatic carbocycles. The average molecular weight is 825 g/mol. The number of hydrogen-bond donors (Lipinski definition) is 1. The van der Waals surface area contributed by atoms with Crippen LogP contribution in [0.15, 0.2) is 221 Å². The number of fused-ring (bicyclic) bond motifs is 9. The van der Waals surface area contributed by atoms with E-state index < -0.39 is 6.17 Å². The number of furan rings is 1. The molecule has 0 saturated heterocycles. The van der Waals surface area contributed by atoms with Gasteiger partial charge in [-0.25, -0.2) is 9.98 Å². The molecule has 12 aromatic rings. The van der Waals surface area contributed by atoms with E-state index in [-0.39, 0.29) is 0 Å². The van der Waals surface area contributed by atoms with Crippen LogP contribution in [0.4, 0.5) is 0 Å². The number of nitrogens with zero attached hydrogens (tertiary/aromatic N) is 3. The Kier molecular flexibility index (Phi) is 8.08. The van der Waals surface area contributed by atoms with Crippen molar-refractivity contribution in [1.29, 1.82) is 0 Å². The molecule has 1 atom stereocenters. The minimum atomic E-state index is -0.457. The number of rotatable bonds is 6. The molecule has 0 bridgehead atoms. The van der Waals surface area contributed by atoms with Crippen molar-refractivity contribution in [1.82, 2.24) is 9.88 Å². The highest BCUT2D eigenvalue weighted by atomic mass is 32.1. The average Bonchev–Trinajstić information content (AvgIpc) is 4.03. The third-order valence-electron chi connectivity index (χ3n) is 12.4. The monoisotopic (exact) mass is 824 g/mol. The maximum atomic E-state index is 6.56. The van der Waals surface area contributed by atoms with Crippen molar-refractivity contribution in [2.45, 2.75) is 6.17 Å². The summed E-state index contributed by atoms with van der Waals surface area (Å²) in [4.78, 5) is 10.6. The van der Waals surface area contributed by atoms with E-state index in [9.17, 15) is 0 Å². The summed E-state index contributed by atoms with van der Waals surface area (Å²) >= 11 is 1.82. The van der Waals surface area contributed by atoms with E-state index in [2.05, 4.69) is 198 Å². The summed E-state index contributed by atoms with van der Waals surface area (Å²) in [6, 6.07) is 73.3. The SMILES string of the molecule is c1ccc(C2=NC(c3cccc(-c4cccc5oc6ccc(-c7ccc8c(c7)c7ccccc7n8-c7ccccc7)cc6c45)c3)N=C(c3ccc4sc5ccccc5c4c3)N2)cc1. The van der Waals surface area contributed by atoms with E-state index in [1.54, 1.807) is 0 Å². The van der Waals surface area contributed by atoms with Crippen LogP contribution in [-0.4, -0.2) is 16.2 Å². The van der Waals surface area contributed by atoms with Crippen LogP contribution < -0.4 is 5.32 Å². The fourth-order valence-electron chi connectivity index (χ4n) is 9.48. The zero-order valence-electron chi connectivity index (χ0n) is 33.9. The predicted molar refractivity (Wildman–Crippen MR) is 264 cm³/mol. The van der Waals surface area contributed by atoms with Gasteiger partial charge in [-0.1, -0.05) is 127 Å². The Balaban J connectivity index is 0.917. The Morgan fingerprint density at radius 3 is 1.95 bits per heavy atom. The molecule has 5 nitrogen and oxygen atoms in total. The normalized spacial score (nSPS) is 14.2. The van der Waals surface area contributed by atoms with Gasteiger partial charge in [-0.3, -0.25) is 0 Å². The van der Waals surface area contributed by atoms with Crippen LogP contribution in [0.5, 0.6) is 0 Å². The molecule has 13 rings (SSSR count). The van der Waals surface area contributed by atoms with E-state index in [4.69, 9.17) is 14.4 Å². The Morgan fingerprint density at radius 2 is 1.08 bits per heavy atom. The summed E-state index contributed by atoms with van der Waals surface area (Å²) in [6.07, 6.45) is -0.457. The first-order valence-electron chi connectivity index (χ1n) is 21.2. The van der Waals surface area contributed by atoms with Gasteiger partial charge < -0.3 is 14.3 Å². The lowest BCUT2D eigenvalue weighted by Gasteiger charge is -2.23. The quantitative estimate of drug-likeness (QED) is 0.182. The summed E-state index contributed by atoms with van der Waals surface area (Å²) in [5.74, 6) is 1.60. The van der Waals surface area contributed by atoms with Gasteiger partial charge in [0.2, 0.25) is 0 Å². The summed E-state index contributed by atoms with van der Waals surface area (Å²) in [6.45, 7) is 0. The zero-order chi connectivity index (χ0) is 41.4. The van der Waals surface area contributed by atoms with Gasteiger partial charge in [0.15, 0.2) is 6.17 Å². The van der Waals surface area contributed by atoms with Crippen LogP contribution >= 0.6 is 11.3 Å². The molecule has 3 aromatic heterocycles. The Labute approximate surface area is 366 Å². The van der Waals surface area contributed by atoms with E-state index in [0.29, 0.717) is 0 Å². The lowest BCUT2D eigenvalue weighted by molar-refractivity contribution is 0.669. The van der Waals surface area contributed by atoms with Crippen LogP contribution in [-0.2, 0) is 0 Å². The molecular weight excluding hydrogens is 789 g/mol. The number of thiophene rings is 1. The molecule has 0 amide bonds. The molecule has 0 spiro atoms. The minimum absolute atomic E-state index is 0.457. The molecule has 1 aliphatic heterocycles. The highest BCUT2D eigenvalue weighted by Gasteiger charge is 2.23. The van der Waals surface area contributed by atoms with Crippen LogP contribution in [0.1, 0.15) is 22.9 Å². The molecule has 296 valence electrons. The van der Waals surface area contributed by atoms with Crippen molar-refractivity contribution < 1.29 is 4.42 Å². The van der Waals surface area contributed by atoms with Crippen LogP contribution in [0.2, 0.25) is 0 Å². The number of hydrogen-bond acceptors (Lipinski definition) is 5. The topological polar surface area (TPSA) is 54.8 Å². The summed E-state index contributed by atoms with van der Waals surface area (Å²) < 4.78 is 11.5. The lowest BCUT2D eigenvalue weighted by Crippen LogP contribution is -2.36. The number of nitrogens with one attached hydrogen (secondary N) is 1. The lowest BCUT2D eigenvalue weighted by atomic mass is 9.95. The van der Waals surface area contributed by atoms with Crippen molar-refractivity contribution >= 4 is 86.9 Å². The van der Waals surface area contributed by atoms with E-state index >= 15 is 0 Å². The summed E-state index contributed by atoms with van der Waals surface area (Å²) in [7, 11) is 0. The Bertz CT molecular complexity index is 3840. The summed E-state index contributed by atoms with van der Waals surface area (Å²) in [5.41, 5.74) is 12.8. The highest BCUT2D eigenvalue weighted by molar-refractivity contribution is 7.25. The maximum absolute atomic E-state index is 6.56. The van der Waals surface area contributed by atoms with Gasteiger partial charge in [0, 0.05) is 58.5 Å². The van der Waals surface area contributed by atoms with Crippen molar-refractivity contribution in [2.24, 2.45) is 9.98 Å². The molecule has 1 N–H and O–H groups in total. The number of aliphatic imine (C=N–C) groups is 2. The van der Waals surface area contributed by atoms with Gasteiger partial charge in [0.05, 0.1) is 11.0 Å². The maximum Gasteiger partial charge on any atom is 0.169 e. The first kappa shape index (κ1) is 35.7. The number of aromatic nitrogens is 1. The third kappa shape index (κ3) is 5.91. The predicted octanol–water partition coefficient (Wildman–Crippen LogP) is 14.9.